The summed E-state index contributed by atoms with van der Waals surface area (Å²) in [5.74, 6) is -0.489. The number of carbonyl (C=O) groups is 1. The Balaban J connectivity index is 1.65. The second-order valence-electron chi connectivity index (χ2n) is 9.74. The molecule has 10 heteroatoms. The molecule has 5 nitrogen and oxygen atoms in total. The summed E-state index contributed by atoms with van der Waals surface area (Å²) in [6, 6.07) is 25.0. The van der Waals surface area contributed by atoms with Crippen LogP contribution in [0, 0.1) is 0 Å². The number of hydrogen-bond donors (Lipinski definition) is 1. The number of nitrogens with one attached hydrogen (secondary N) is 1. The molecule has 1 aromatic heterocycles. The molecule has 1 atom stereocenters. The minimum absolute atomic E-state index is 0.151. The van der Waals surface area contributed by atoms with Gasteiger partial charge in [0.2, 0.25) is 0 Å². The van der Waals surface area contributed by atoms with Crippen molar-refractivity contribution in [3.63, 3.8) is 0 Å². The molecule has 0 bridgehead atoms. The molecule has 2 heterocycles. The number of pyridine rings is 1. The number of aromatic nitrogens is 1. The van der Waals surface area contributed by atoms with Crippen LogP contribution in [0.4, 0.5) is 28.0 Å². The van der Waals surface area contributed by atoms with Crippen LogP contribution in [0.2, 0.25) is 5.02 Å². The highest BCUT2D eigenvalue weighted by Crippen LogP contribution is 2.37. The first kappa shape index (κ1) is 28.4. The fourth-order valence-electron chi connectivity index (χ4n) is 5.07. The highest BCUT2D eigenvalue weighted by molar-refractivity contribution is 6.30. The molecule has 0 unspecified atom stereocenters. The third-order valence-electron chi connectivity index (χ3n) is 6.99. The Morgan fingerprint density at radius 1 is 1.00 bits per heavy atom. The number of halogens is 5. The zero-order chi connectivity index (χ0) is 29.0. The molecule has 1 N–H and O–H groups in total. The van der Waals surface area contributed by atoms with E-state index < -0.39 is 29.9 Å². The average molecular weight is 584 g/mol. The molecular weight excluding hydrogens is 558 g/mol. The zero-order valence-electron chi connectivity index (χ0n) is 21.7. The van der Waals surface area contributed by atoms with Crippen LogP contribution in [0.15, 0.2) is 97.2 Å². The van der Waals surface area contributed by atoms with Crippen LogP contribution in [0.1, 0.15) is 28.8 Å². The van der Waals surface area contributed by atoms with Gasteiger partial charge in [0.1, 0.15) is 11.3 Å². The number of amides is 2. The Hall–Kier alpha value is -4.11. The normalized spacial score (nSPS) is 14.7. The molecule has 41 heavy (non-hydrogen) atoms. The zero-order valence-corrected chi connectivity index (χ0v) is 22.5. The number of fused-ring (bicyclic) bond motifs is 1. The minimum atomic E-state index is -4.71. The number of alkyl halides is 4. The van der Waals surface area contributed by atoms with Gasteiger partial charge in [0, 0.05) is 24.8 Å². The SMILES string of the molecule is O=C(N[C@@](Cc1ccccc1)(c1cccc(OC(F)(F)C(F)F)c1)c1ccc(Cl)cn1)N1CCCc2ccccc21. The van der Waals surface area contributed by atoms with Crippen molar-refractivity contribution in [2.45, 2.75) is 37.3 Å². The first-order valence-corrected chi connectivity index (χ1v) is 13.3. The molecule has 212 valence electrons. The van der Waals surface area contributed by atoms with E-state index in [0.29, 0.717) is 22.8 Å². The molecule has 0 radical (unpaired) electrons. The number of urea groups is 1. The quantitative estimate of drug-likeness (QED) is 0.217. The standard InChI is InChI=1S/C31H26ClF4N3O2/c32-24-15-16-27(37-20-24)30(19-21-8-2-1-3-9-21,23-12-6-13-25(18-23)41-31(35,36)28(33)34)38-29(40)39-17-7-11-22-10-4-5-14-26(22)39/h1-6,8-10,12-16,18,20,28H,7,11,17,19H2,(H,38,40)/t30-/m0/s1. The number of nitrogens with zero attached hydrogens (tertiary/aromatic N) is 2. The van der Waals surface area contributed by atoms with Crippen molar-refractivity contribution in [3.8, 4) is 5.75 Å². The Morgan fingerprint density at radius 3 is 2.49 bits per heavy atom. The number of hydrogen-bond acceptors (Lipinski definition) is 3. The number of benzene rings is 3. The number of para-hydroxylation sites is 1. The van der Waals surface area contributed by atoms with Crippen LogP contribution in [-0.2, 0) is 18.4 Å². The van der Waals surface area contributed by atoms with E-state index in [1.54, 1.807) is 23.1 Å². The van der Waals surface area contributed by atoms with Crippen molar-refractivity contribution < 1.29 is 27.1 Å². The van der Waals surface area contributed by atoms with E-state index in [2.05, 4.69) is 15.0 Å². The maximum Gasteiger partial charge on any atom is 0.461 e. The van der Waals surface area contributed by atoms with Gasteiger partial charge in [0.05, 0.1) is 10.7 Å². The van der Waals surface area contributed by atoms with E-state index >= 15 is 0 Å². The molecular formula is C31H26ClF4N3O2. The second kappa shape index (κ2) is 11.8. The Bertz CT molecular complexity index is 1500. The van der Waals surface area contributed by atoms with Gasteiger partial charge in [-0.2, -0.15) is 17.6 Å². The molecule has 1 aliphatic rings. The summed E-state index contributed by atoms with van der Waals surface area (Å²) in [5.41, 5.74) is 1.82. The van der Waals surface area contributed by atoms with Crippen molar-refractivity contribution in [3.05, 3.63) is 125 Å². The van der Waals surface area contributed by atoms with E-state index in [0.717, 1.165) is 35.7 Å². The Labute approximate surface area is 239 Å². The summed E-state index contributed by atoms with van der Waals surface area (Å²) in [6.45, 7) is 0.460. The van der Waals surface area contributed by atoms with Crippen molar-refractivity contribution in [1.82, 2.24) is 10.3 Å². The molecule has 2 amide bonds. The fourth-order valence-corrected chi connectivity index (χ4v) is 5.18. The van der Waals surface area contributed by atoms with Crippen LogP contribution < -0.4 is 15.0 Å². The summed E-state index contributed by atoms with van der Waals surface area (Å²) in [7, 11) is 0. The van der Waals surface area contributed by atoms with Crippen LogP contribution in [0.25, 0.3) is 0 Å². The highest BCUT2D eigenvalue weighted by Gasteiger charge is 2.45. The van der Waals surface area contributed by atoms with Gasteiger partial charge in [0.25, 0.3) is 0 Å². The monoisotopic (exact) mass is 583 g/mol. The lowest BCUT2D eigenvalue weighted by atomic mass is 9.80. The van der Waals surface area contributed by atoms with Crippen LogP contribution in [0.3, 0.4) is 0 Å². The topological polar surface area (TPSA) is 54.5 Å². The largest absolute Gasteiger partial charge is 0.461 e. The minimum Gasteiger partial charge on any atom is -0.428 e. The van der Waals surface area contributed by atoms with Crippen LogP contribution in [0.5, 0.6) is 5.75 Å². The summed E-state index contributed by atoms with van der Waals surface area (Å²) >= 11 is 6.15. The molecule has 0 saturated carbocycles. The fraction of sp³-hybridized carbons (Fsp3) is 0.226. The van der Waals surface area contributed by atoms with E-state index in [4.69, 9.17) is 11.6 Å². The lowest BCUT2D eigenvalue weighted by molar-refractivity contribution is -0.253. The Kier molecular flexibility index (Phi) is 8.17. The summed E-state index contributed by atoms with van der Waals surface area (Å²) in [4.78, 5) is 20.3. The van der Waals surface area contributed by atoms with Crippen LogP contribution >= 0.6 is 11.6 Å². The van der Waals surface area contributed by atoms with Gasteiger partial charge in [0.15, 0.2) is 0 Å². The predicted molar refractivity (Wildman–Crippen MR) is 149 cm³/mol. The van der Waals surface area contributed by atoms with Crippen molar-refractivity contribution in [2.75, 3.05) is 11.4 Å². The molecule has 0 saturated heterocycles. The summed E-state index contributed by atoms with van der Waals surface area (Å²) in [5, 5.41) is 3.50. The molecule has 5 rings (SSSR count). The molecule has 0 aliphatic carbocycles. The molecule has 3 aromatic carbocycles. The van der Waals surface area contributed by atoms with Gasteiger partial charge in [-0.1, -0.05) is 72.3 Å². The summed E-state index contributed by atoms with van der Waals surface area (Å²) in [6.07, 6.45) is -5.59. The molecule has 1 aliphatic heterocycles. The van der Waals surface area contributed by atoms with E-state index in [-0.39, 0.29) is 6.42 Å². The lowest BCUT2D eigenvalue weighted by Crippen LogP contribution is -2.54. The molecule has 0 fully saturated rings. The first-order chi connectivity index (χ1) is 19.7. The maximum absolute atomic E-state index is 14.1. The van der Waals surface area contributed by atoms with Gasteiger partial charge in [-0.15, -0.1) is 0 Å². The lowest BCUT2D eigenvalue weighted by Gasteiger charge is -2.39. The van der Waals surface area contributed by atoms with Crippen LogP contribution in [-0.4, -0.2) is 30.1 Å². The highest BCUT2D eigenvalue weighted by atomic mass is 35.5. The van der Waals surface area contributed by atoms with E-state index in [9.17, 15) is 22.4 Å². The van der Waals surface area contributed by atoms with Crippen molar-refractivity contribution in [1.29, 1.82) is 0 Å². The van der Waals surface area contributed by atoms with Crippen molar-refractivity contribution >= 4 is 23.3 Å². The number of ether oxygens (including phenoxy) is 1. The third-order valence-corrected chi connectivity index (χ3v) is 7.21. The summed E-state index contributed by atoms with van der Waals surface area (Å²) < 4.78 is 58.1. The third kappa shape index (κ3) is 6.15. The van der Waals surface area contributed by atoms with Gasteiger partial charge in [-0.3, -0.25) is 9.88 Å². The second-order valence-corrected chi connectivity index (χ2v) is 10.2. The van der Waals surface area contributed by atoms with Crippen molar-refractivity contribution in [2.24, 2.45) is 0 Å². The Morgan fingerprint density at radius 2 is 1.76 bits per heavy atom. The van der Waals surface area contributed by atoms with E-state index in [1.165, 1.54) is 18.3 Å². The molecule has 0 spiro atoms. The average Bonchev–Trinajstić information content (AvgIpc) is 2.97. The number of rotatable bonds is 8. The number of aryl methyl sites for hydroxylation is 1. The predicted octanol–water partition coefficient (Wildman–Crippen LogP) is 7.62. The van der Waals surface area contributed by atoms with Gasteiger partial charge in [-0.25, -0.2) is 4.79 Å². The smallest absolute Gasteiger partial charge is 0.428 e. The van der Waals surface area contributed by atoms with Gasteiger partial charge in [-0.05, 0) is 59.9 Å². The first-order valence-electron chi connectivity index (χ1n) is 13.0. The maximum atomic E-state index is 14.1. The van der Waals surface area contributed by atoms with Gasteiger partial charge < -0.3 is 10.1 Å². The van der Waals surface area contributed by atoms with E-state index in [1.807, 2.05) is 54.6 Å². The van der Waals surface area contributed by atoms with Gasteiger partial charge >= 0.3 is 18.6 Å². The molecule has 4 aromatic rings. The number of anilines is 1. The number of carbonyl (C=O) groups excluding carboxylic acids is 1.